The molecule has 0 saturated carbocycles. The first-order valence-electron chi connectivity index (χ1n) is 4.92. The third-order valence-electron chi connectivity index (χ3n) is 2.03. The Balaban J connectivity index is 1.81. The van der Waals surface area contributed by atoms with Gasteiger partial charge in [0.25, 0.3) is 0 Å². The molecule has 0 aliphatic rings. The molecule has 0 amide bonds. The van der Waals surface area contributed by atoms with E-state index in [2.05, 4.69) is 5.32 Å². The van der Waals surface area contributed by atoms with Crippen LogP contribution in [0.15, 0.2) is 60.7 Å². The number of hydrogen-bond acceptors (Lipinski definition) is 2. The van der Waals surface area contributed by atoms with Gasteiger partial charge in [0.15, 0.2) is 6.73 Å². The highest BCUT2D eigenvalue weighted by Gasteiger charge is 1.91. The zero-order valence-electron chi connectivity index (χ0n) is 8.39. The van der Waals surface area contributed by atoms with Gasteiger partial charge in [0.05, 0.1) is 0 Å². The van der Waals surface area contributed by atoms with Crippen molar-refractivity contribution in [1.82, 2.24) is 0 Å². The van der Waals surface area contributed by atoms with Crippen molar-refractivity contribution in [3.8, 4) is 5.75 Å². The summed E-state index contributed by atoms with van der Waals surface area (Å²) in [5, 5.41) is 3.17. The Labute approximate surface area is 89.5 Å². The number of ether oxygens (including phenoxy) is 1. The van der Waals surface area contributed by atoms with E-state index in [1.54, 1.807) is 0 Å². The first-order chi connectivity index (χ1) is 7.45. The van der Waals surface area contributed by atoms with Crippen molar-refractivity contribution < 1.29 is 4.74 Å². The standard InChI is InChI=1S/C13H13NO/c1-3-7-12(8-4-1)14-11-15-13-9-5-2-6-10-13/h1-10,14H,11H2. The summed E-state index contributed by atoms with van der Waals surface area (Å²) in [4.78, 5) is 0. The third kappa shape index (κ3) is 3.02. The summed E-state index contributed by atoms with van der Waals surface area (Å²) >= 11 is 0. The quantitative estimate of drug-likeness (QED) is 0.764. The van der Waals surface area contributed by atoms with Crippen molar-refractivity contribution in [2.24, 2.45) is 0 Å². The van der Waals surface area contributed by atoms with Crippen LogP contribution in [0.3, 0.4) is 0 Å². The van der Waals surface area contributed by atoms with Gasteiger partial charge in [-0.2, -0.15) is 0 Å². The molecular formula is C13H13NO. The third-order valence-corrected chi connectivity index (χ3v) is 2.03. The smallest absolute Gasteiger partial charge is 0.159 e. The van der Waals surface area contributed by atoms with Crippen LogP contribution in [0.1, 0.15) is 0 Å². The second kappa shape index (κ2) is 5.05. The molecule has 2 nitrogen and oxygen atoms in total. The minimum absolute atomic E-state index is 0.480. The van der Waals surface area contributed by atoms with Crippen LogP contribution in [0.25, 0.3) is 0 Å². The summed E-state index contributed by atoms with van der Waals surface area (Å²) in [7, 11) is 0. The number of anilines is 1. The van der Waals surface area contributed by atoms with Gasteiger partial charge in [0, 0.05) is 5.69 Å². The monoisotopic (exact) mass is 199 g/mol. The van der Waals surface area contributed by atoms with Gasteiger partial charge in [-0.05, 0) is 24.3 Å². The van der Waals surface area contributed by atoms with Crippen molar-refractivity contribution >= 4 is 5.69 Å². The van der Waals surface area contributed by atoms with E-state index in [0.717, 1.165) is 11.4 Å². The largest absolute Gasteiger partial charge is 0.473 e. The molecule has 0 aliphatic carbocycles. The van der Waals surface area contributed by atoms with Crippen LogP contribution in [-0.4, -0.2) is 6.73 Å². The molecule has 0 heterocycles. The van der Waals surface area contributed by atoms with Gasteiger partial charge < -0.3 is 10.1 Å². The summed E-state index contributed by atoms with van der Waals surface area (Å²) in [5.74, 6) is 0.876. The maximum Gasteiger partial charge on any atom is 0.159 e. The van der Waals surface area contributed by atoms with Crippen LogP contribution in [0.2, 0.25) is 0 Å². The number of nitrogens with one attached hydrogen (secondary N) is 1. The maximum atomic E-state index is 5.50. The van der Waals surface area contributed by atoms with Gasteiger partial charge in [-0.25, -0.2) is 0 Å². The molecule has 0 atom stereocenters. The van der Waals surface area contributed by atoms with Crippen molar-refractivity contribution in [2.45, 2.75) is 0 Å². The van der Waals surface area contributed by atoms with E-state index in [9.17, 15) is 0 Å². The highest BCUT2D eigenvalue weighted by molar-refractivity contribution is 5.42. The molecule has 2 rings (SSSR count). The Bertz CT molecular complexity index is 346. The van der Waals surface area contributed by atoms with Crippen molar-refractivity contribution in [3.05, 3.63) is 60.7 Å². The van der Waals surface area contributed by atoms with E-state index >= 15 is 0 Å². The van der Waals surface area contributed by atoms with Gasteiger partial charge in [0.2, 0.25) is 0 Å². The van der Waals surface area contributed by atoms with E-state index in [0.29, 0.717) is 6.73 Å². The lowest BCUT2D eigenvalue weighted by Gasteiger charge is -2.08. The number of para-hydroxylation sites is 2. The SMILES string of the molecule is c1ccc(NCOc2ccccc2)cc1. The minimum Gasteiger partial charge on any atom is -0.473 e. The molecule has 0 aliphatic heterocycles. The van der Waals surface area contributed by atoms with E-state index in [4.69, 9.17) is 4.74 Å². The maximum absolute atomic E-state index is 5.50. The van der Waals surface area contributed by atoms with Crippen LogP contribution < -0.4 is 10.1 Å². The summed E-state index contributed by atoms with van der Waals surface area (Å²) in [5.41, 5.74) is 1.06. The first-order valence-corrected chi connectivity index (χ1v) is 4.92. The Morgan fingerprint density at radius 1 is 0.800 bits per heavy atom. The normalized spacial score (nSPS) is 9.60. The lowest BCUT2D eigenvalue weighted by molar-refractivity contribution is 0.347. The minimum atomic E-state index is 0.480. The topological polar surface area (TPSA) is 21.3 Å². The van der Waals surface area contributed by atoms with Crippen LogP contribution in [-0.2, 0) is 0 Å². The fourth-order valence-electron chi connectivity index (χ4n) is 1.28. The predicted molar refractivity (Wildman–Crippen MR) is 62.0 cm³/mol. The molecule has 2 aromatic carbocycles. The molecule has 0 fully saturated rings. The Morgan fingerprint density at radius 3 is 2.07 bits per heavy atom. The zero-order valence-corrected chi connectivity index (χ0v) is 8.39. The lowest BCUT2D eigenvalue weighted by atomic mass is 10.3. The van der Waals surface area contributed by atoms with Crippen molar-refractivity contribution in [3.63, 3.8) is 0 Å². The summed E-state index contributed by atoms with van der Waals surface area (Å²) in [6.07, 6.45) is 0. The van der Waals surface area contributed by atoms with Crippen LogP contribution >= 0.6 is 0 Å². The van der Waals surface area contributed by atoms with E-state index in [-0.39, 0.29) is 0 Å². The van der Waals surface area contributed by atoms with Crippen LogP contribution in [0.5, 0.6) is 5.75 Å². The van der Waals surface area contributed by atoms with Gasteiger partial charge in [0.1, 0.15) is 5.75 Å². The Hall–Kier alpha value is -1.96. The summed E-state index contributed by atoms with van der Waals surface area (Å²) < 4.78 is 5.50. The molecule has 2 heteroatoms. The highest BCUT2D eigenvalue weighted by Crippen LogP contribution is 2.09. The summed E-state index contributed by atoms with van der Waals surface area (Å²) in [6.45, 7) is 0.480. The molecular weight excluding hydrogens is 186 g/mol. The lowest BCUT2D eigenvalue weighted by Crippen LogP contribution is -2.08. The van der Waals surface area contributed by atoms with Gasteiger partial charge >= 0.3 is 0 Å². The van der Waals surface area contributed by atoms with E-state index in [1.165, 1.54) is 0 Å². The molecule has 0 saturated heterocycles. The molecule has 0 unspecified atom stereocenters. The second-order valence-corrected chi connectivity index (χ2v) is 3.14. The molecule has 2 aromatic rings. The number of rotatable bonds is 4. The molecule has 0 aromatic heterocycles. The summed E-state index contributed by atoms with van der Waals surface area (Å²) in [6, 6.07) is 19.7. The fourth-order valence-corrected chi connectivity index (χ4v) is 1.28. The number of hydrogen-bond donors (Lipinski definition) is 1. The van der Waals surface area contributed by atoms with Crippen LogP contribution in [0, 0.1) is 0 Å². The Kier molecular flexibility index (Phi) is 3.23. The molecule has 0 radical (unpaired) electrons. The van der Waals surface area contributed by atoms with Gasteiger partial charge in [-0.1, -0.05) is 36.4 Å². The van der Waals surface area contributed by atoms with E-state index in [1.807, 2.05) is 60.7 Å². The molecule has 76 valence electrons. The average Bonchev–Trinajstić information content (AvgIpc) is 2.32. The fraction of sp³-hybridized carbons (Fsp3) is 0.0769. The van der Waals surface area contributed by atoms with E-state index < -0.39 is 0 Å². The average molecular weight is 199 g/mol. The first kappa shape index (κ1) is 9.59. The molecule has 0 bridgehead atoms. The van der Waals surface area contributed by atoms with Crippen LogP contribution in [0.4, 0.5) is 5.69 Å². The Morgan fingerprint density at radius 2 is 1.40 bits per heavy atom. The predicted octanol–water partition coefficient (Wildman–Crippen LogP) is 3.14. The highest BCUT2D eigenvalue weighted by atomic mass is 16.5. The van der Waals surface area contributed by atoms with Crippen molar-refractivity contribution in [2.75, 3.05) is 12.0 Å². The van der Waals surface area contributed by atoms with Crippen molar-refractivity contribution in [1.29, 1.82) is 0 Å². The van der Waals surface area contributed by atoms with Gasteiger partial charge in [-0.3, -0.25) is 0 Å². The zero-order chi connectivity index (χ0) is 10.3. The number of benzene rings is 2. The second-order valence-electron chi connectivity index (χ2n) is 3.14. The molecule has 1 N–H and O–H groups in total. The molecule has 0 spiro atoms. The molecule has 15 heavy (non-hydrogen) atoms. The van der Waals surface area contributed by atoms with Gasteiger partial charge in [-0.15, -0.1) is 0 Å².